The number of likely N-dealkylation sites (tertiary alicyclic amines) is 1. The number of hydrogen-bond acceptors (Lipinski definition) is 4. The molecular formula is C17H24N2O2. The molecule has 3 fully saturated rings. The first-order chi connectivity index (χ1) is 10.3. The van der Waals surface area contributed by atoms with Crippen LogP contribution >= 0.6 is 0 Å². The van der Waals surface area contributed by atoms with Crippen LogP contribution in [0, 0.1) is 0 Å². The molecule has 114 valence electrons. The molecule has 1 atom stereocenters. The van der Waals surface area contributed by atoms with Crippen LogP contribution in [0.1, 0.15) is 38.5 Å². The molecule has 3 aliphatic rings. The zero-order chi connectivity index (χ0) is 14.1. The van der Waals surface area contributed by atoms with Crippen LogP contribution in [0.4, 0.5) is 0 Å². The van der Waals surface area contributed by atoms with Crippen LogP contribution in [-0.2, 0) is 4.74 Å². The topological polar surface area (TPSA) is 34.6 Å². The van der Waals surface area contributed by atoms with Gasteiger partial charge in [-0.05, 0) is 18.9 Å². The van der Waals surface area contributed by atoms with Gasteiger partial charge in [0.1, 0.15) is 6.10 Å². The van der Waals surface area contributed by atoms with Crippen molar-refractivity contribution in [3.63, 3.8) is 0 Å². The molecule has 0 aromatic carbocycles. The monoisotopic (exact) mass is 288 g/mol. The lowest BCUT2D eigenvalue weighted by Crippen LogP contribution is -2.68. The lowest BCUT2D eigenvalue weighted by atomic mass is 9.83. The van der Waals surface area contributed by atoms with Crippen molar-refractivity contribution in [3.05, 3.63) is 24.4 Å². The maximum absolute atomic E-state index is 6.12. The molecule has 1 aromatic rings. The second-order valence-electron chi connectivity index (χ2n) is 6.78. The molecule has 2 aliphatic heterocycles. The second kappa shape index (κ2) is 5.58. The summed E-state index contributed by atoms with van der Waals surface area (Å²) in [6.07, 6.45) is 9.58. The van der Waals surface area contributed by atoms with Gasteiger partial charge in [0.25, 0.3) is 0 Å². The smallest absolute Gasteiger partial charge is 0.213 e. The van der Waals surface area contributed by atoms with Gasteiger partial charge >= 0.3 is 0 Å². The van der Waals surface area contributed by atoms with Gasteiger partial charge < -0.3 is 9.47 Å². The fraction of sp³-hybridized carbons (Fsp3) is 0.706. The highest BCUT2D eigenvalue weighted by molar-refractivity contribution is 5.11. The van der Waals surface area contributed by atoms with Gasteiger partial charge in [0.15, 0.2) is 0 Å². The van der Waals surface area contributed by atoms with Gasteiger partial charge in [-0.15, -0.1) is 0 Å². The first-order valence-corrected chi connectivity index (χ1v) is 8.29. The van der Waals surface area contributed by atoms with Crippen LogP contribution in [0.25, 0.3) is 0 Å². The Morgan fingerprint density at radius 3 is 2.81 bits per heavy atom. The average molecular weight is 288 g/mol. The molecule has 1 aliphatic carbocycles. The van der Waals surface area contributed by atoms with E-state index in [2.05, 4.69) is 9.88 Å². The summed E-state index contributed by atoms with van der Waals surface area (Å²) in [5.41, 5.74) is 0.0558. The number of pyridine rings is 1. The Morgan fingerprint density at radius 2 is 2.05 bits per heavy atom. The summed E-state index contributed by atoms with van der Waals surface area (Å²) in [5, 5.41) is 0. The van der Waals surface area contributed by atoms with Crippen molar-refractivity contribution in [1.29, 1.82) is 0 Å². The molecule has 0 radical (unpaired) electrons. The van der Waals surface area contributed by atoms with Gasteiger partial charge in [0.2, 0.25) is 5.88 Å². The Kier molecular flexibility index (Phi) is 3.59. The highest BCUT2D eigenvalue weighted by Gasteiger charge is 2.50. The van der Waals surface area contributed by atoms with Crippen molar-refractivity contribution < 1.29 is 9.47 Å². The summed E-state index contributed by atoms with van der Waals surface area (Å²) in [6, 6.07) is 6.65. The molecule has 1 aromatic heterocycles. The van der Waals surface area contributed by atoms with E-state index in [1.807, 2.05) is 18.2 Å². The second-order valence-corrected chi connectivity index (χ2v) is 6.78. The minimum atomic E-state index is 0.0558. The van der Waals surface area contributed by atoms with E-state index >= 15 is 0 Å². The molecule has 0 N–H and O–H groups in total. The van der Waals surface area contributed by atoms with E-state index in [1.165, 1.54) is 25.7 Å². The highest BCUT2D eigenvalue weighted by Crippen LogP contribution is 2.39. The molecule has 0 bridgehead atoms. The third-order valence-corrected chi connectivity index (χ3v) is 5.20. The predicted molar refractivity (Wildman–Crippen MR) is 80.4 cm³/mol. The van der Waals surface area contributed by atoms with Crippen LogP contribution in [-0.4, -0.2) is 47.3 Å². The van der Waals surface area contributed by atoms with E-state index in [0.717, 1.165) is 44.5 Å². The third kappa shape index (κ3) is 2.79. The molecule has 3 heterocycles. The van der Waals surface area contributed by atoms with Crippen molar-refractivity contribution in [2.75, 3.05) is 19.7 Å². The Balaban J connectivity index is 1.33. The first kappa shape index (κ1) is 13.5. The van der Waals surface area contributed by atoms with Crippen molar-refractivity contribution in [2.45, 2.75) is 56.3 Å². The molecule has 21 heavy (non-hydrogen) atoms. The van der Waals surface area contributed by atoms with Crippen molar-refractivity contribution in [2.24, 2.45) is 0 Å². The van der Waals surface area contributed by atoms with E-state index < -0.39 is 0 Å². The molecule has 0 unspecified atom stereocenters. The van der Waals surface area contributed by atoms with Gasteiger partial charge in [0.05, 0.1) is 12.2 Å². The van der Waals surface area contributed by atoms with E-state index in [1.54, 1.807) is 6.20 Å². The summed E-state index contributed by atoms with van der Waals surface area (Å²) in [4.78, 5) is 6.89. The minimum Gasteiger partial charge on any atom is -0.474 e. The summed E-state index contributed by atoms with van der Waals surface area (Å²) in [6.45, 7) is 3.01. The quantitative estimate of drug-likeness (QED) is 0.856. The lowest BCUT2D eigenvalue weighted by molar-refractivity contribution is -0.194. The SMILES string of the molecule is c1ccc(O[C@@H]2CCOC3(C2)CN(C2CCCC2)C3)nc1. The van der Waals surface area contributed by atoms with Crippen LogP contribution in [0.3, 0.4) is 0 Å². The number of hydrogen-bond donors (Lipinski definition) is 0. The molecule has 2 saturated heterocycles. The van der Waals surface area contributed by atoms with Gasteiger partial charge in [-0.2, -0.15) is 0 Å². The molecular weight excluding hydrogens is 264 g/mol. The van der Waals surface area contributed by atoms with E-state index in [-0.39, 0.29) is 11.7 Å². The van der Waals surface area contributed by atoms with Gasteiger partial charge in [-0.25, -0.2) is 4.98 Å². The summed E-state index contributed by atoms with van der Waals surface area (Å²) in [7, 11) is 0. The number of rotatable bonds is 3. The Bertz CT molecular complexity index is 467. The normalized spacial score (nSPS) is 29.4. The zero-order valence-corrected chi connectivity index (χ0v) is 12.5. The predicted octanol–water partition coefficient (Wildman–Crippen LogP) is 2.64. The molecule has 1 spiro atoms. The lowest BCUT2D eigenvalue weighted by Gasteiger charge is -2.55. The van der Waals surface area contributed by atoms with Gasteiger partial charge in [0, 0.05) is 44.2 Å². The standard InChI is InChI=1S/C17H24N2O2/c1-2-6-14(5-1)19-12-17(13-19)11-15(8-10-20-17)21-16-7-3-4-9-18-16/h3-4,7,9,14-15H,1-2,5-6,8,10-13H2/t15-/m1/s1. The Labute approximate surface area is 126 Å². The van der Waals surface area contributed by atoms with Crippen LogP contribution < -0.4 is 4.74 Å². The average Bonchev–Trinajstić information content (AvgIpc) is 3.00. The number of aromatic nitrogens is 1. The van der Waals surface area contributed by atoms with Crippen molar-refractivity contribution in [1.82, 2.24) is 9.88 Å². The molecule has 4 heteroatoms. The fourth-order valence-corrected chi connectivity index (χ4v) is 4.11. The van der Waals surface area contributed by atoms with Gasteiger partial charge in [-0.3, -0.25) is 4.90 Å². The minimum absolute atomic E-state index is 0.0558. The molecule has 1 saturated carbocycles. The Morgan fingerprint density at radius 1 is 1.19 bits per heavy atom. The third-order valence-electron chi connectivity index (χ3n) is 5.20. The first-order valence-electron chi connectivity index (χ1n) is 8.29. The highest BCUT2D eigenvalue weighted by atomic mass is 16.5. The Hall–Kier alpha value is -1.13. The maximum atomic E-state index is 6.12. The van der Waals surface area contributed by atoms with Crippen LogP contribution in [0.5, 0.6) is 5.88 Å². The van der Waals surface area contributed by atoms with E-state index in [0.29, 0.717) is 0 Å². The molecule has 4 rings (SSSR count). The number of nitrogens with zero attached hydrogens (tertiary/aromatic N) is 2. The zero-order valence-electron chi connectivity index (χ0n) is 12.5. The fourth-order valence-electron chi connectivity index (χ4n) is 4.11. The number of ether oxygens (including phenoxy) is 2. The van der Waals surface area contributed by atoms with Crippen molar-refractivity contribution >= 4 is 0 Å². The molecule has 4 nitrogen and oxygen atoms in total. The summed E-state index contributed by atoms with van der Waals surface area (Å²) < 4.78 is 12.2. The van der Waals surface area contributed by atoms with Crippen LogP contribution in [0.15, 0.2) is 24.4 Å². The summed E-state index contributed by atoms with van der Waals surface area (Å²) >= 11 is 0. The van der Waals surface area contributed by atoms with Gasteiger partial charge in [-0.1, -0.05) is 18.9 Å². The largest absolute Gasteiger partial charge is 0.474 e. The van der Waals surface area contributed by atoms with E-state index in [9.17, 15) is 0 Å². The van der Waals surface area contributed by atoms with Crippen LogP contribution in [0.2, 0.25) is 0 Å². The van der Waals surface area contributed by atoms with Crippen molar-refractivity contribution in [3.8, 4) is 5.88 Å². The maximum Gasteiger partial charge on any atom is 0.213 e. The summed E-state index contributed by atoms with van der Waals surface area (Å²) in [5.74, 6) is 0.742. The van der Waals surface area contributed by atoms with E-state index in [4.69, 9.17) is 9.47 Å². The molecule has 0 amide bonds.